The monoisotopic (exact) mass is 570 g/mol. The van der Waals surface area contributed by atoms with E-state index >= 15 is 0 Å². The molecular weight excluding hydrogens is 539 g/mol. The molecule has 10 heteroatoms. The van der Waals surface area contributed by atoms with E-state index in [0.717, 1.165) is 50.8 Å². The summed E-state index contributed by atoms with van der Waals surface area (Å²) in [6.07, 6.45) is 6.50. The van der Waals surface area contributed by atoms with Gasteiger partial charge in [-0.3, -0.25) is 14.2 Å². The highest BCUT2D eigenvalue weighted by atomic mass is 127. The summed E-state index contributed by atoms with van der Waals surface area (Å²) in [5.74, 6) is 0.826. The zero-order chi connectivity index (χ0) is 22.0. The maximum absolute atomic E-state index is 6.17. The number of hydrogen-bond donors (Lipinski definition) is 0. The fourth-order valence-electron chi connectivity index (χ4n) is 3.68. The second-order valence-corrected chi connectivity index (χ2v) is 16.9. The largest absolute Gasteiger partial charge is 0.361 e. The van der Waals surface area contributed by atoms with Crippen LogP contribution in [-0.2, 0) is 11.3 Å². The van der Waals surface area contributed by atoms with E-state index in [9.17, 15) is 0 Å². The molecule has 0 bridgehead atoms. The van der Waals surface area contributed by atoms with Gasteiger partial charge in [0, 0.05) is 27.4 Å². The molecule has 1 aliphatic heterocycles. The summed E-state index contributed by atoms with van der Waals surface area (Å²) in [5.41, 5.74) is 2.92. The van der Waals surface area contributed by atoms with Crippen molar-refractivity contribution in [3.63, 3.8) is 0 Å². The lowest BCUT2D eigenvalue weighted by Gasteiger charge is -2.23. The molecule has 4 rings (SSSR count). The highest BCUT2D eigenvalue weighted by molar-refractivity contribution is 14.1. The van der Waals surface area contributed by atoms with Gasteiger partial charge in [0.05, 0.1) is 17.6 Å². The van der Waals surface area contributed by atoms with Crippen LogP contribution in [0.25, 0.3) is 5.65 Å². The van der Waals surface area contributed by atoms with E-state index in [1.54, 1.807) is 0 Å². The molecule has 1 saturated heterocycles. The molecule has 4 heterocycles. The van der Waals surface area contributed by atoms with Crippen molar-refractivity contribution in [2.24, 2.45) is 0 Å². The number of aryl methyl sites for hydroxylation is 1. The molecule has 0 saturated carbocycles. The van der Waals surface area contributed by atoms with Gasteiger partial charge in [-0.1, -0.05) is 19.6 Å². The predicted molar refractivity (Wildman–Crippen MR) is 138 cm³/mol. The van der Waals surface area contributed by atoms with Crippen molar-refractivity contribution in [2.75, 3.05) is 31.3 Å². The van der Waals surface area contributed by atoms with Gasteiger partial charge >= 0.3 is 0 Å². The maximum atomic E-state index is 6.17. The molecule has 168 valence electrons. The summed E-state index contributed by atoms with van der Waals surface area (Å²) >= 11 is 3.83. The Labute approximate surface area is 203 Å². The van der Waals surface area contributed by atoms with E-state index in [2.05, 4.69) is 67.5 Å². The van der Waals surface area contributed by atoms with Crippen LogP contribution in [0.3, 0.4) is 0 Å². The van der Waals surface area contributed by atoms with Gasteiger partial charge < -0.3 is 4.74 Å². The number of likely N-dealkylation sites (tertiary alicyclic amines) is 1. The summed E-state index contributed by atoms with van der Waals surface area (Å²) < 4.78 is 14.1. The van der Waals surface area contributed by atoms with Gasteiger partial charge in [0.25, 0.3) is 0 Å². The third-order valence-electron chi connectivity index (χ3n) is 5.42. The molecule has 0 atom stereocenters. The number of anilines is 2. The van der Waals surface area contributed by atoms with Crippen molar-refractivity contribution < 1.29 is 4.74 Å². The number of ether oxygens (including phenoxy) is 1. The molecule has 1 aliphatic rings. The van der Waals surface area contributed by atoms with Crippen LogP contribution in [0.1, 0.15) is 24.2 Å². The SMILES string of the molecule is Cc1cn2c(I)cnc2c(N(COCC[Si](C)(C)C)c2cc(CN3CCCC3)ns2)n1. The number of aromatic nitrogens is 4. The Kier molecular flexibility index (Phi) is 7.31. The van der Waals surface area contributed by atoms with Crippen molar-refractivity contribution in [1.82, 2.24) is 23.6 Å². The molecule has 3 aromatic rings. The van der Waals surface area contributed by atoms with Crippen LogP contribution < -0.4 is 4.90 Å². The first-order chi connectivity index (χ1) is 14.8. The van der Waals surface area contributed by atoms with Gasteiger partial charge in [-0.05, 0) is 79.1 Å². The standard InChI is InChI=1S/C21H31IN6OSSi/c1-16-13-27-18(22)12-23-20(27)21(24-16)28(15-29-9-10-31(2,3)4)19-11-17(25-30-19)14-26-7-5-6-8-26/h11-13H,5-10,14-15H2,1-4H3. The van der Waals surface area contributed by atoms with Crippen LogP contribution in [0.2, 0.25) is 25.7 Å². The minimum Gasteiger partial charge on any atom is -0.361 e. The number of nitrogens with zero attached hydrogens (tertiary/aromatic N) is 6. The van der Waals surface area contributed by atoms with Gasteiger partial charge in [-0.2, -0.15) is 4.37 Å². The van der Waals surface area contributed by atoms with Crippen LogP contribution in [-0.4, -0.2) is 58.1 Å². The van der Waals surface area contributed by atoms with Crippen LogP contribution in [0.5, 0.6) is 0 Å². The maximum Gasteiger partial charge on any atom is 0.181 e. The fraction of sp³-hybridized carbons (Fsp3) is 0.571. The molecule has 0 spiro atoms. The topological polar surface area (TPSA) is 58.8 Å². The van der Waals surface area contributed by atoms with Gasteiger partial charge in [-0.15, -0.1) is 0 Å². The molecular formula is C21H31IN6OSSi. The van der Waals surface area contributed by atoms with Crippen LogP contribution in [0.4, 0.5) is 10.8 Å². The molecule has 0 aromatic carbocycles. The highest BCUT2D eigenvalue weighted by Crippen LogP contribution is 2.32. The Balaban J connectivity index is 1.61. The number of hydrogen-bond acceptors (Lipinski definition) is 7. The predicted octanol–water partition coefficient (Wildman–Crippen LogP) is 5.15. The summed E-state index contributed by atoms with van der Waals surface area (Å²) in [4.78, 5) is 14.1. The third kappa shape index (κ3) is 5.84. The van der Waals surface area contributed by atoms with E-state index in [0.29, 0.717) is 6.73 Å². The average molecular weight is 571 g/mol. The zero-order valence-electron chi connectivity index (χ0n) is 18.8. The van der Waals surface area contributed by atoms with Crippen molar-refractivity contribution in [1.29, 1.82) is 0 Å². The minimum absolute atomic E-state index is 0.450. The summed E-state index contributed by atoms with van der Waals surface area (Å²) in [7, 11) is -1.15. The zero-order valence-corrected chi connectivity index (χ0v) is 22.7. The Hall–Kier alpha value is -1.08. The van der Waals surface area contributed by atoms with E-state index in [1.165, 1.54) is 37.5 Å². The highest BCUT2D eigenvalue weighted by Gasteiger charge is 2.22. The molecule has 31 heavy (non-hydrogen) atoms. The number of rotatable bonds is 9. The summed E-state index contributed by atoms with van der Waals surface area (Å²) in [6.45, 7) is 13.6. The molecule has 7 nitrogen and oxygen atoms in total. The van der Waals surface area contributed by atoms with Gasteiger partial charge in [-0.25, -0.2) is 9.97 Å². The van der Waals surface area contributed by atoms with E-state index in [4.69, 9.17) is 14.1 Å². The Morgan fingerprint density at radius 1 is 1.26 bits per heavy atom. The first-order valence-corrected chi connectivity index (χ1v) is 16.4. The van der Waals surface area contributed by atoms with Gasteiger partial charge in [0.2, 0.25) is 0 Å². The minimum atomic E-state index is -1.15. The second-order valence-electron chi connectivity index (χ2n) is 9.40. The lowest BCUT2D eigenvalue weighted by Crippen LogP contribution is -2.26. The van der Waals surface area contributed by atoms with Gasteiger partial charge in [0.15, 0.2) is 11.5 Å². The second kappa shape index (κ2) is 9.82. The normalized spacial score (nSPS) is 15.3. The first kappa shape index (κ1) is 23.1. The van der Waals surface area contributed by atoms with Crippen LogP contribution >= 0.6 is 34.1 Å². The molecule has 0 N–H and O–H groups in total. The van der Waals surface area contributed by atoms with Gasteiger partial charge in [0.1, 0.15) is 15.4 Å². The molecule has 1 fully saturated rings. The summed E-state index contributed by atoms with van der Waals surface area (Å²) in [6, 6.07) is 3.33. The molecule has 0 radical (unpaired) electrons. The fourth-order valence-corrected chi connectivity index (χ4v) is 5.69. The lowest BCUT2D eigenvalue weighted by atomic mass is 10.3. The number of halogens is 1. The average Bonchev–Trinajstić information content (AvgIpc) is 3.44. The number of imidazole rings is 1. The Morgan fingerprint density at radius 2 is 2.03 bits per heavy atom. The van der Waals surface area contributed by atoms with Crippen molar-refractivity contribution in [2.45, 2.75) is 52.0 Å². The smallest absolute Gasteiger partial charge is 0.181 e. The molecule has 0 amide bonds. The quantitative estimate of drug-likeness (QED) is 0.154. The number of fused-ring (bicyclic) bond motifs is 1. The van der Waals surface area contributed by atoms with E-state index < -0.39 is 8.07 Å². The van der Waals surface area contributed by atoms with Crippen LogP contribution in [0.15, 0.2) is 18.5 Å². The first-order valence-electron chi connectivity index (χ1n) is 10.8. The molecule has 0 unspecified atom stereocenters. The third-order valence-corrected chi connectivity index (χ3v) is 8.77. The van der Waals surface area contributed by atoms with Crippen molar-refractivity contribution >= 4 is 58.7 Å². The lowest BCUT2D eigenvalue weighted by molar-refractivity contribution is 0.153. The molecule has 0 aliphatic carbocycles. The van der Waals surface area contributed by atoms with Crippen LogP contribution in [0, 0.1) is 10.6 Å². The van der Waals surface area contributed by atoms with E-state index in [-0.39, 0.29) is 0 Å². The van der Waals surface area contributed by atoms with Crippen molar-refractivity contribution in [3.05, 3.63) is 33.5 Å². The molecule has 3 aromatic heterocycles. The van der Waals surface area contributed by atoms with E-state index in [1.807, 2.05) is 19.3 Å². The summed E-state index contributed by atoms with van der Waals surface area (Å²) in [5, 5.41) is 1.06. The Bertz CT molecular complexity index is 1030. The van der Waals surface area contributed by atoms with Crippen molar-refractivity contribution in [3.8, 4) is 0 Å². The Morgan fingerprint density at radius 3 is 2.77 bits per heavy atom.